The number of nitrogens with two attached hydrogens (primary N) is 1. The highest BCUT2D eigenvalue weighted by Crippen LogP contribution is 2.23. The fraction of sp³-hybridized carbons (Fsp3) is 0.455. The van der Waals surface area contributed by atoms with E-state index < -0.39 is 17.6 Å². The van der Waals surface area contributed by atoms with Gasteiger partial charge >= 0.3 is 5.97 Å². The van der Waals surface area contributed by atoms with Crippen molar-refractivity contribution in [3.63, 3.8) is 0 Å². The van der Waals surface area contributed by atoms with Gasteiger partial charge in [0.15, 0.2) is 0 Å². The molecule has 0 spiro atoms. The van der Waals surface area contributed by atoms with Crippen LogP contribution in [0.25, 0.3) is 0 Å². The number of carbonyl (C=O) groups is 2. The van der Waals surface area contributed by atoms with Gasteiger partial charge in [0.2, 0.25) is 0 Å². The van der Waals surface area contributed by atoms with Crippen LogP contribution in [-0.4, -0.2) is 46.1 Å². The fourth-order valence-electron chi connectivity index (χ4n) is 3.79. The van der Waals surface area contributed by atoms with Gasteiger partial charge in [-0.2, -0.15) is 0 Å². The molecule has 0 radical (unpaired) electrons. The highest BCUT2D eigenvalue weighted by molar-refractivity contribution is 5.98. The lowest BCUT2D eigenvalue weighted by Gasteiger charge is -2.21. The average molecular weight is 435 g/mol. The molecular formula is C22H27F2N3O4. The third-order valence-corrected chi connectivity index (χ3v) is 5.55. The monoisotopic (exact) mass is 435 g/mol. The number of ether oxygens (including phenoxy) is 1. The third kappa shape index (κ3) is 5.11. The summed E-state index contributed by atoms with van der Waals surface area (Å²) < 4.78 is 32.5. The van der Waals surface area contributed by atoms with Crippen LogP contribution in [0.15, 0.2) is 24.3 Å². The lowest BCUT2D eigenvalue weighted by atomic mass is 10.1. The summed E-state index contributed by atoms with van der Waals surface area (Å²) in [5.41, 5.74) is 7.22. The second-order valence-electron chi connectivity index (χ2n) is 7.58. The summed E-state index contributed by atoms with van der Waals surface area (Å²) in [7, 11) is 0. The lowest BCUT2D eigenvalue weighted by Crippen LogP contribution is -2.31. The summed E-state index contributed by atoms with van der Waals surface area (Å²) in [5, 5.41) is 9.21. The van der Waals surface area contributed by atoms with E-state index in [1.54, 1.807) is 9.47 Å². The highest BCUT2D eigenvalue weighted by atomic mass is 19.1. The van der Waals surface area contributed by atoms with Gasteiger partial charge in [-0.3, -0.25) is 4.79 Å². The van der Waals surface area contributed by atoms with Gasteiger partial charge in [0.1, 0.15) is 17.3 Å². The van der Waals surface area contributed by atoms with Gasteiger partial charge in [0.25, 0.3) is 5.91 Å². The van der Waals surface area contributed by atoms with Crippen LogP contribution in [0.5, 0.6) is 0 Å². The Morgan fingerprint density at radius 2 is 1.90 bits per heavy atom. The smallest absolute Gasteiger partial charge is 0.337 e. The summed E-state index contributed by atoms with van der Waals surface area (Å²) in [4.78, 5) is 25.5. The van der Waals surface area contributed by atoms with Crippen molar-refractivity contribution in [2.45, 2.75) is 45.4 Å². The van der Waals surface area contributed by atoms with Crippen LogP contribution in [0.4, 0.5) is 8.78 Å². The number of nitrogens with zero attached hydrogens (tertiary/aromatic N) is 2. The number of aromatic nitrogens is 1. The zero-order chi connectivity index (χ0) is 22.5. The van der Waals surface area contributed by atoms with E-state index in [1.165, 1.54) is 18.2 Å². The fourth-order valence-corrected chi connectivity index (χ4v) is 3.79. The van der Waals surface area contributed by atoms with Crippen molar-refractivity contribution in [2.24, 2.45) is 5.73 Å². The quantitative estimate of drug-likeness (QED) is 0.768. The number of fused-ring (bicyclic) bond motifs is 1. The van der Waals surface area contributed by atoms with E-state index in [-0.39, 0.29) is 24.1 Å². The molecule has 4 rings (SSSR count). The molecular weight excluding hydrogens is 408 g/mol. The molecule has 2 aliphatic heterocycles. The molecule has 3 N–H and O–H groups in total. The van der Waals surface area contributed by atoms with Gasteiger partial charge in [-0.25, -0.2) is 13.6 Å². The van der Waals surface area contributed by atoms with E-state index >= 15 is 0 Å². The molecule has 0 unspecified atom stereocenters. The first-order chi connectivity index (χ1) is 14.8. The van der Waals surface area contributed by atoms with Gasteiger partial charge in [-0.15, -0.1) is 0 Å². The lowest BCUT2D eigenvalue weighted by molar-refractivity contribution is 0.0648. The second-order valence-corrected chi connectivity index (χ2v) is 7.58. The first-order valence-electron chi connectivity index (χ1n) is 10.4. The molecule has 0 aliphatic carbocycles. The molecule has 1 aromatic heterocycles. The van der Waals surface area contributed by atoms with Crippen LogP contribution in [0.1, 0.15) is 64.3 Å². The van der Waals surface area contributed by atoms with E-state index in [2.05, 4.69) is 0 Å². The predicted octanol–water partition coefficient (Wildman–Crippen LogP) is 3.33. The van der Waals surface area contributed by atoms with Gasteiger partial charge in [0, 0.05) is 37.3 Å². The number of benzene rings is 1. The van der Waals surface area contributed by atoms with Crippen LogP contribution in [0.3, 0.4) is 0 Å². The number of carboxylic acid groups (broad SMARTS) is 1. The Hall–Kier alpha value is -2.78. The molecule has 0 saturated carbocycles. The molecule has 31 heavy (non-hydrogen) atoms. The third-order valence-electron chi connectivity index (χ3n) is 5.55. The number of rotatable bonds is 4. The zero-order valence-corrected chi connectivity index (χ0v) is 17.4. The van der Waals surface area contributed by atoms with Crippen molar-refractivity contribution in [2.75, 3.05) is 19.7 Å². The van der Waals surface area contributed by atoms with Crippen molar-refractivity contribution in [3.8, 4) is 0 Å². The molecule has 7 nitrogen and oxygen atoms in total. The molecule has 2 aromatic rings. The Labute approximate surface area is 179 Å². The number of hydrogen-bond donors (Lipinski definition) is 2. The van der Waals surface area contributed by atoms with Crippen molar-refractivity contribution in [3.05, 3.63) is 58.4 Å². The Morgan fingerprint density at radius 1 is 1.19 bits per heavy atom. The first-order valence-corrected chi connectivity index (χ1v) is 10.4. The predicted molar refractivity (Wildman–Crippen MR) is 110 cm³/mol. The largest absolute Gasteiger partial charge is 0.478 e. The van der Waals surface area contributed by atoms with E-state index in [4.69, 9.17) is 10.5 Å². The summed E-state index contributed by atoms with van der Waals surface area (Å²) in [5.74, 6) is -2.20. The molecule has 168 valence electrons. The van der Waals surface area contributed by atoms with Gasteiger partial charge in [-0.05, 0) is 31.4 Å². The standard InChI is InChI=1S/C13H16N2O4.C9H11F2N/c16-12(14-3-1-2-4-14)10-7-9(13(17)18)11-8-19-6-5-15(10)11;1-2-9(12)7-4-3-6(10)5-8(7)11/h7H,1-6,8H2,(H,17,18);3-5,9H,2,12H2,1H3/t;9-/m.1/s1. The van der Waals surface area contributed by atoms with Crippen molar-refractivity contribution < 1.29 is 28.2 Å². The van der Waals surface area contributed by atoms with Crippen molar-refractivity contribution in [1.29, 1.82) is 0 Å². The average Bonchev–Trinajstić information content (AvgIpc) is 3.42. The summed E-state index contributed by atoms with van der Waals surface area (Å²) in [6.45, 7) is 4.69. The van der Waals surface area contributed by atoms with E-state index in [1.807, 2.05) is 6.92 Å². The maximum absolute atomic E-state index is 13.0. The van der Waals surface area contributed by atoms with Crippen molar-refractivity contribution >= 4 is 11.9 Å². The molecule has 2 aliphatic rings. The Balaban J connectivity index is 0.000000196. The van der Waals surface area contributed by atoms with E-state index in [9.17, 15) is 23.5 Å². The normalized spacial score (nSPS) is 16.3. The topological polar surface area (TPSA) is 97.8 Å². The van der Waals surface area contributed by atoms with E-state index in [0.717, 1.165) is 32.0 Å². The number of amides is 1. The maximum atomic E-state index is 13.0. The minimum absolute atomic E-state index is 0.0619. The van der Waals surface area contributed by atoms with Gasteiger partial charge in [0.05, 0.1) is 24.5 Å². The molecule has 1 aromatic carbocycles. The number of halogens is 2. The Morgan fingerprint density at radius 3 is 2.52 bits per heavy atom. The van der Waals surface area contributed by atoms with Crippen LogP contribution in [-0.2, 0) is 17.9 Å². The molecule has 1 fully saturated rings. The van der Waals surface area contributed by atoms with E-state index in [0.29, 0.717) is 36.5 Å². The number of carboxylic acids is 1. The molecule has 1 amide bonds. The molecule has 9 heteroatoms. The Kier molecular flexibility index (Phi) is 7.40. The van der Waals surface area contributed by atoms with Crippen LogP contribution in [0, 0.1) is 11.6 Å². The van der Waals surface area contributed by atoms with Crippen LogP contribution in [0.2, 0.25) is 0 Å². The summed E-state index contributed by atoms with van der Waals surface area (Å²) >= 11 is 0. The molecule has 1 atom stereocenters. The zero-order valence-electron chi connectivity index (χ0n) is 17.4. The highest BCUT2D eigenvalue weighted by Gasteiger charge is 2.29. The summed E-state index contributed by atoms with van der Waals surface area (Å²) in [6, 6.07) is 4.61. The number of likely N-dealkylation sites (tertiary alicyclic amines) is 1. The van der Waals surface area contributed by atoms with Gasteiger partial charge < -0.3 is 25.0 Å². The molecule has 1 saturated heterocycles. The molecule has 3 heterocycles. The molecule has 0 bridgehead atoms. The number of aromatic carboxylic acids is 1. The minimum atomic E-state index is -1.00. The summed E-state index contributed by atoms with van der Waals surface area (Å²) in [6.07, 6.45) is 2.69. The number of carbonyl (C=O) groups excluding carboxylic acids is 1. The van der Waals surface area contributed by atoms with Crippen molar-refractivity contribution in [1.82, 2.24) is 9.47 Å². The van der Waals surface area contributed by atoms with Crippen LogP contribution >= 0.6 is 0 Å². The van der Waals surface area contributed by atoms with Crippen LogP contribution < -0.4 is 5.73 Å². The first kappa shape index (κ1) is 22.9. The van der Waals surface area contributed by atoms with Gasteiger partial charge in [-0.1, -0.05) is 13.0 Å². The second kappa shape index (κ2) is 10.0. The Bertz CT molecular complexity index is 954. The SMILES string of the molecule is CC[C@@H](N)c1ccc(F)cc1F.O=C(O)c1cc(C(=O)N2CCCC2)n2c1COCC2. The number of hydrogen-bond acceptors (Lipinski definition) is 4. The maximum Gasteiger partial charge on any atom is 0.337 e. The minimum Gasteiger partial charge on any atom is -0.478 e.